The van der Waals surface area contributed by atoms with Gasteiger partial charge < -0.3 is 8.61 Å². The van der Waals surface area contributed by atoms with Crippen molar-refractivity contribution in [1.82, 2.24) is 0 Å². The van der Waals surface area contributed by atoms with Crippen LogP contribution in [0.25, 0.3) is 0 Å². The fraction of sp³-hybridized carbons (Fsp3) is 0.385. The molecule has 2 aliphatic carbocycles. The van der Waals surface area contributed by atoms with Gasteiger partial charge in [-0.15, -0.1) is 49.2 Å². The number of benzene rings is 4. The Labute approximate surface area is 402 Å². The summed E-state index contributed by atoms with van der Waals surface area (Å²) in [5, 5.41) is 0. The van der Waals surface area contributed by atoms with E-state index in [0.29, 0.717) is 0 Å². The van der Waals surface area contributed by atoms with Crippen molar-refractivity contribution in [1.29, 1.82) is 0 Å². The van der Waals surface area contributed by atoms with Gasteiger partial charge in [-0.3, -0.25) is 12.2 Å². The molecule has 2 aliphatic rings. The topological polar surface area (TPSA) is 74.8 Å². The van der Waals surface area contributed by atoms with Crippen LogP contribution in [-0.4, -0.2) is 29.9 Å². The van der Waals surface area contributed by atoms with E-state index < -0.39 is 43.3 Å². The van der Waals surface area contributed by atoms with Crippen LogP contribution in [0.15, 0.2) is 119 Å². The molecule has 6 nitrogen and oxygen atoms in total. The molecule has 0 amide bonds. The van der Waals surface area contributed by atoms with E-state index in [9.17, 15) is 34.4 Å². The van der Waals surface area contributed by atoms with Crippen molar-refractivity contribution in [3.63, 3.8) is 0 Å². The molecule has 4 aromatic carbocycles. The summed E-state index contributed by atoms with van der Waals surface area (Å²) >= 11 is 0. The van der Waals surface area contributed by atoms with Crippen LogP contribution in [0.2, 0.25) is 0 Å². The molecule has 0 radical (unpaired) electrons. The van der Waals surface area contributed by atoms with Gasteiger partial charge in [0.1, 0.15) is 0 Å². The molecule has 2 atom stereocenters. The molecular weight excluding hydrogens is 905 g/mol. The van der Waals surface area contributed by atoms with Gasteiger partial charge in [-0.05, 0) is 74.2 Å². The first-order chi connectivity index (χ1) is 30.6. The van der Waals surface area contributed by atoms with Gasteiger partial charge in [-0.25, -0.2) is 58.7 Å². The van der Waals surface area contributed by atoms with Crippen LogP contribution >= 0.6 is 0 Å². The van der Waals surface area contributed by atoms with Gasteiger partial charge in [-0.2, -0.15) is 12.2 Å². The first kappa shape index (κ1) is 56.9. The Morgan fingerprint density at radius 1 is 0.554 bits per heavy atom. The second-order valence-corrected chi connectivity index (χ2v) is 19.3. The minimum Gasteiger partial charge on any atom is -0.316 e. The molecule has 4 aromatic rings. The third-order valence-electron chi connectivity index (χ3n) is 10.5. The molecule has 0 heterocycles. The summed E-state index contributed by atoms with van der Waals surface area (Å²) in [5.74, 6) is -3.57. The van der Waals surface area contributed by atoms with E-state index in [4.69, 9.17) is 0 Å². The smallest absolute Gasteiger partial charge is 0.316 e. The number of allylic oxidation sites excluding steroid dienone is 8. The molecule has 0 fully saturated rings. The van der Waals surface area contributed by atoms with Gasteiger partial charge in [0.05, 0.1) is 9.79 Å². The number of hydrogen-bond donors (Lipinski definition) is 0. The van der Waals surface area contributed by atoms with Crippen LogP contribution < -0.4 is 8.61 Å². The Bertz CT molecular complexity index is 2180. The van der Waals surface area contributed by atoms with Gasteiger partial charge >= 0.3 is 21.7 Å². The molecule has 0 aliphatic heterocycles. The minimum atomic E-state index is -3.99. The third kappa shape index (κ3) is 18.5. The van der Waals surface area contributed by atoms with E-state index in [0.717, 1.165) is 96.1 Å². The fourth-order valence-corrected chi connectivity index (χ4v) is 9.65. The number of unbranched alkanes of at least 4 members (excludes halogenated alkanes) is 2. The average Bonchev–Trinajstić information content (AvgIpc) is 4.07. The van der Waals surface area contributed by atoms with E-state index >= 15 is 0 Å². The van der Waals surface area contributed by atoms with Crippen LogP contribution in [0.4, 0.5) is 28.9 Å². The number of halogens is 4. The molecule has 348 valence electrons. The number of rotatable bonds is 18. The van der Waals surface area contributed by atoms with Crippen molar-refractivity contribution < 1.29 is 56.1 Å². The van der Waals surface area contributed by atoms with E-state index in [1.54, 1.807) is 24.3 Å². The summed E-state index contributed by atoms with van der Waals surface area (Å²) in [5.41, 5.74) is 1.51. The predicted octanol–water partition coefficient (Wildman–Crippen LogP) is 13.6. The standard InChI is InChI=1S/2C21H26F2NO2S.2C5H5.Ti/c2*1-4-6-7-17(5-2)15-24(21-13-10-18(22)14-20(21)23)27(25,26)19-11-8-16(3)9-12-19;2*1-2-4-5-3-1;/h2*8-13,17H,4-7,15H2,1-3H3;2*1-3H,4H2;/q4*-1;+4. The molecule has 0 N–H and O–H groups in total. The molecule has 0 spiro atoms. The summed E-state index contributed by atoms with van der Waals surface area (Å²) in [6, 6.07) is 21.1. The van der Waals surface area contributed by atoms with Crippen molar-refractivity contribution in [2.75, 3.05) is 21.7 Å². The number of hydrogen-bond acceptors (Lipinski definition) is 4. The van der Waals surface area contributed by atoms with E-state index in [-0.39, 0.29) is 67.8 Å². The second kappa shape index (κ2) is 29.4. The van der Waals surface area contributed by atoms with Crippen LogP contribution in [0, 0.1) is 73.2 Å². The zero-order valence-corrected chi connectivity index (χ0v) is 41.6. The SMILES string of the molecule is CCCCC(CC)CN(c1ccc(F)[c-]c1F)S(=O)(=O)c1ccc(C)cc1.CCCCC(CC)CN(c1ccc(F)[c-]c1F)S(=O)(=O)c1ccc(C)cc1.[C-]1=CC=CC1.[C-]1=CC=CC1.[Ti+4]. The Balaban J connectivity index is 0.000000361. The quantitative estimate of drug-likeness (QED) is 0.0566. The molecule has 65 heavy (non-hydrogen) atoms. The number of aryl methyl sites for hydroxylation is 2. The summed E-state index contributed by atoms with van der Waals surface area (Å²) in [6.45, 7) is 12.1. The molecule has 6 rings (SSSR count). The second-order valence-electron chi connectivity index (χ2n) is 15.5. The maximum Gasteiger partial charge on any atom is 4.00 e. The van der Waals surface area contributed by atoms with Gasteiger partial charge in [0.25, 0.3) is 20.0 Å². The Hall–Kier alpha value is -4.23. The third-order valence-corrected chi connectivity index (χ3v) is 14.1. The van der Waals surface area contributed by atoms with Crippen molar-refractivity contribution in [3.8, 4) is 0 Å². The van der Waals surface area contributed by atoms with Gasteiger partial charge in [-0.1, -0.05) is 102 Å². The number of sulfonamides is 2. The van der Waals surface area contributed by atoms with Gasteiger partial charge in [0, 0.05) is 36.4 Å². The van der Waals surface area contributed by atoms with E-state index in [1.807, 2.05) is 64.1 Å². The molecule has 0 bridgehead atoms. The predicted molar refractivity (Wildman–Crippen MR) is 252 cm³/mol. The normalized spacial score (nSPS) is 13.3. The summed E-state index contributed by atoms with van der Waals surface area (Å²) in [7, 11) is -7.97. The van der Waals surface area contributed by atoms with Crippen LogP contribution in [0.3, 0.4) is 0 Å². The van der Waals surface area contributed by atoms with Crippen LogP contribution in [0.5, 0.6) is 0 Å². The van der Waals surface area contributed by atoms with Crippen molar-refractivity contribution in [2.24, 2.45) is 11.8 Å². The van der Waals surface area contributed by atoms with Crippen molar-refractivity contribution in [2.45, 2.75) is 116 Å². The Morgan fingerprint density at radius 2 is 0.908 bits per heavy atom. The maximum atomic E-state index is 14.4. The minimum absolute atomic E-state index is 0. The number of nitrogens with zero attached hydrogens (tertiary/aromatic N) is 2. The zero-order chi connectivity index (χ0) is 47.1. The first-order valence-electron chi connectivity index (χ1n) is 22.0. The zero-order valence-electron chi connectivity index (χ0n) is 38.4. The summed E-state index contributed by atoms with van der Waals surface area (Å²) in [4.78, 5) is 0.171. The molecule has 13 heteroatoms. The first-order valence-corrected chi connectivity index (χ1v) is 24.8. The summed E-state index contributed by atoms with van der Waals surface area (Å²) in [6.07, 6.45) is 27.2. The van der Waals surface area contributed by atoms with Crippen LogP contribution in [-0.2, 0) is 41.8 Å². The largest absolute Gasteiger partial charge is 4.00 e. The van der Waals surface area contributed by atoms with E-state index in [2.05, 4.69) is 38.2 Å². The number of anilines is 2. The molecule has 0 saturated carbocycles. The van der Waals surface area contributed by atoms with E-state index in [1.165, 1.54) is 36.4 Å². The Morgan fingerprint density at radius 3 is 1.15 bits per heavy atom. The Kier molecular flexibility index (Phi) is 25.8. The molecular formula is C52H62F4N2O4S2Ti. The molecule has 0 saturated heterocycles. The molecule has 2 unspecified atom stereocenters. The van der Waals surface area contributed by atoms with Crippen molar-refractivity contribution in [3.05, 3.63) is 168 Å². The van der Waals surface area contributed by atoms with Crippen molar-refractivity contribution >= 4 is 31.4 Å². The van der Waals surface area contributed by atoms with Gasteiger partial charge in [0.15, 0.2) is 0 Å². The fourth-order valence-electron chi connectivity index (χ4n) is 6.57. The summed E-state index contributed by atoms with van der Waals surface area (Å²) < 4.78 is 111. The molecule has 0 aromatic heterocycles. The monoisotopic (exact) mass is 966 g/mol. The average molecular weight is 967 g/mol. The van der Waals surface area contributed by atoms with Gasteiger partial charge in [0.2, 0.25) is 0 Å². The van der Waals surface area contributed by atoms with Crippen LogP contribution in [0.1, 0.15) is 103 Å². The maximum absolute atomic E-state index is 14.4.